The average molecular weight is 201 g/mol. The molecule has 0 heterocycles. The largest absolute Gasteiger partial charge is 0.392 e. The summed E-state index contributed by atoms with van der Waals surface area (Å²) in [7, 11) is 0. The summed E-state index contributed by atoms with van der Waals surface area (Å²) in [5.74, 6) is 0. The van der Waals surface area contributed by atoms with Crippen LogP contribution in [0, 0.1) is 0 Å². The summed E-state index contributed by atoms with van der Waals surface area (Å²) in [6, 6.07) is 0.324. The van der Waals surface area contributed by atoms with E-state index in [1.165, 1.54) is 12.8 Å². The van der Waals surface area contributed by atoms with Gasteiger partial charge in [0.2, 0.25) is 0 Å². The zero-order valence-electron chi connectivity index (χ0n) is 9.17. The number of aliphatic hydroxyl groups excluding tert-OH is 1. The first-order valence-electron chi connectivity index (χ1n) is 5.83. The summed E-state index contributed by atoms with van der Waals surface area (Å²) in [6.07, 6.45) is 5.42. The molecule has 2 atom stereocenters. The quantitative estimate of drug-likeness (QED) is 0.637. The van der Waals surface area contributed by atoms with Gasteiger partial charge in [-0.25, -0.2) is 0 Å². The number of ether oxygens (including phenoxy) is 1. The van der Waals surface area contributed by atoms with Crippen LogP contribution in [0.15, 0.2) is 0 Å². The summed E-state index contributed by atoms with van der Waals surface area (Å²) in [6.45, 7) is 4.60. The Morgan fingerprint density at radius 3 is 2.86 bits per heavy atom. The van der Waals surface area contributed by atoms with Crippen LogP contribution in [0.4, 0.5) is 0 Å². The van der Waals surface area contributed by atoms with E-state index < -0.39 is 0 Å². The normalized spacial score (nSPS) is 27.9. The molecule has 0 radical (unpaired) electrons. The van der Waals surface area contributed by atoms with E-state index in [-0.39, 0.29) is 6.10 Å². The van der Waals surface area contributed by atoms with Crippen molar-refractivity contribution >= 4 is 0 Å². The highest BCUT2D eigenvalue weighted by atomic mass is 16.5. The highest BCUT2D eigenvalue weighted by molar-refractivity contribution is 4.79. The molecule has 0 saturated heterocycles. The van der Waals surface area contributed by atoms with Crippen molar-refractivity contribution in [3.63, 3.8) is 0 Å². The first kappa shape index (κ1) is 12.0. The topological polar surface area (TPSA) is 41.5 Å². The lowest BCUT2D eigenvalue weighted by Crippen LogP contribution is -2.42. The van der Waals surface area contributed by atoms with Gasteiger partial charge in [0.1, 0.15) is 0 Å². The van der Waals surface area contributed by atoms with Crippen LogP contribution in [-0.4, -0.2) is 37.0 Å². The van der Waals surface area contributed by atoms with E-state index in [1.54, 1.807) is 0 Å². The number of hydrogen-bond donors (Lipinski definition) is 2. The lowest BCUT2D eigenvalue weighted by Gasteiger charge is -2.28. The Morgan fingerprint density at radius 1 is 1.36 bits per heavy atom. The van der Waals surface area contributed by atoms with Gasteiger partial charge in [0.05, 0.1) is 6.10 Å². The van der Waals surface area contributed by atoms with E-state index in [0.29, 0.717) is 6.04 Å². The molecule has 0 spiro atoms. The Kier molecular flexibility index (Phi) is 6.15. The molecule has 84 valence electrons. The molecular weight excluding hydrogens is 178 g/mol. The van der Waals surface area contributed by atoms with Crippen LogP contribution in [0.1, 0.15) is 39.0 Å². The molecule has 0 unspecified atom stereocenters. The Hall–Kier alpha value is -0.120. The zero-order valence-corrected chi connectivity index (χ0v) is 9.17. The molecule has 14 heavy (non-hydrogen) atoms. The predicted molar refractivity (Wildman–Crippen MR) is 57.4 cm³/mol. The molecule has 0 aliphatic heterocycles. The average Bonchev–Trinajstić information content (AvgIpc) is 2.20. The van der Waals surface area contributed by atoms with Crippen molar-refractivity contribution in [3.8, 4) is 0 Å². The van der Waals surface area contributed by atoms with E-state index >= 15 is 0 Å². The molecule has 3 nitrogen and oxygen atoms in total. The minimum absolute atomic E-state index is 0.129. The van der Waals surface area contributed by atoms with Gasteiger partial charge in [-0.3, -0.25) is 0 Å². The molecule has 0 aromatic heterocycles. The van der Waals surface area contributed by atoms with Crippen LogP contribution in [0.5, 0.6) is 0 Å². The van der Waals surface area contributed by atoms with E-state index in [2.05, 4.69) is 5.32 Å². The van der Waals surface area contributed by atoms with Gasteiger partial charge in [-0.15, -0.1) is 0 Å². The van der Waals surface area contributed by atoms with Gasteiger partial charge in [0, 0.05) is 19.3 Å². The van der Waals surface area contributed by atoms with Crippen LogP contribution in [0.3, 0.4) is 0 Å². The lowest BCUT2D eigenvalue weighted by atomic mass is 9.92. The molecule has 1 rings (SSSR count). The van der Waals surface area contributed by atoms with Crippen molar-refractivity contribution in [1.29, 1.82) is 0 Å². The van der Waals surface area contributed by atoms with Crippen LogP contribution in [0.2, 0.25) is 0 Å². The van der Waals surface area contributed by atoms with Crippen molar-refractivity contribution < 1.29 is 9.84 Å². The second-order valence-corrected chi connectivity index (χ2v) is 3.96. The summed E-state index contributed by atoms with van der Waals surface area (Å²) in [5, 5.41) is 13.1. The molecule has 1 saturated carbocycles. The van der Waals surface area contributed by atoms with Gasteiger partial charge in [0.25, 0.3) is 0 Å². The fourth-order valence-electron chi connectivity index (χ4n) is 1.96. The molecule has 1 fully saturated rings. The molecule has 0 bridgehead atoms. The zero-order chi connectivity index (χ0) is 10.2. The third-order valence-corrected chi connectivity index (χ3v) is 2.81. The molecule has 3 heteroatoms. The highest BCUT2D eigenvalue weighted by Gasteiger charge is 2.21. The van der Waals surface area contributed by atoms with E-state index in [1.807, 2.05) is 6.92 Å². The molecule has 2 N–H and O–H groups in total. The Balaban J connectivity index is 1.99. The number of nitrogens with one attached hydrogen (secondary N) is 1. The number of aliphatic hydroxyl groups is 1. The summed E-state index contributed by atoms with van der Waals surface area (Å²) in [5.41, 5.74) is 0. The van der Waals surface area contributed by atoms with E-state index in [4.69, 9.17) is 4.74 Å². The fourth-order valence-corrected chi connectivity index (χ4v) is 1.96. The standard InChI is InChI=1S/C11H23NO2/c1-2-14-9-5-8-12-10-6-3-4-7-11(10)13/h10-13H,2-9H2,1H3/t10-,11-/m0/s1. The first-order valence-corrected chi connectivity index (χ1v) is 5.83. The van der Waals surface area contributed by atoms with Gasteiger partial charge in [-0.05, 0) is 32.7 Å². The highest BCUT2D eigenvalue weighted by Crippen LogP contribution is 2.18. The van der Waals surface area contributed by atoms with E-state index in [9.17, 15) is 5.11 Å². The molecular formula is C11H23NO2. The van der Waals surface area contributed by atoms with Gasteiger partial charge in [0.15, 0.2) is 0 Å². The summed E-state index contributed by atoms with van der Waals surface area (Å²) < 4.78 is 5.25. The second-order valence-electron chi connectivity index (χ2n) is 3.96. The van der Waals surface area contributed by atoms with Crippen molar-refractivity contribution in [2.75, 3.05) is 19.8 Å². The number of hydrogen-bond acceptors (Lipinski definition) is 3. The monoisotopic (exact) mass is 201 g/mol. The van der Waals surface area contributed by atoms with Gasteiger partial charge >= 0.3 is 0 Å². The van der Waals surface area contributed by atoms with Crippen LogP contribution >= 0.6 is 0 Å². The summed E-state index contributed by atoms with van der Waals surface area (Å²) >= 11 is 0. The molecule has 0 aromatic rings. The van der Waals surface area contributed by atoms with Crippen LogP contribution < -0.4 is 5.32 Å². The van der Waals surface area contributed by atoms with Crippen LogP contribution in [0.25, 0.3) is 0 Å². The Morgan fingerprint density at radius 2 is 2.14 bits per heavy atom. The van der Waals surface area contributed by atoms with E-state index in [0.717, 1.165) is 39.0 Å². The van der Waals surface area contributed by atoms with Crippen molar-refractivity contribution in [1.82, 2.24) is 5.32 Å². The van der Waals surface area contributed by atoms with Gasteiger partial charge in [-0.2, -0.15) is 0 Å². The second kappa shape index (κ2) is 7.21. The lowest BCUT2D eigenvalue weighted by molar-refractivity contribution is 0.0878. The first-order chi connectivity index (χ1) is 6.84. The molecule has 0 amide bonds. The number of rotatable bonds is 6. The maximum atomic E-state index is 9.68. The molecule has 0 aromatic carbocycles. The van der Waals surface area contributed by atoms with Crippen molar-refractivity contribution in [3.05, 3.63) is 0 Å². The maximum Gasteiger partial charge on any atom is 0.0693 e. The third-order valence-electron chi connectivity index (χ3n) is 2.81. The Bertz CT molecular complexity index is 141. The smallest absolute Gasteiger partial charge is 0.0693 e. The summed E-state index contributed by atoms with van der Waals surface area (Å²) in [4.78, 5) is 0. The van der Waals surface area contributed by atoms with Gasteiger partial charge < -0.3 is 15.2 Å². The minimum atomic E-state index is -0.129. The Labute approximate surface area is 86.8 Å². The third kappa shape index (κ3) is 4.40. The predicted octanol–water partition coefficient (Wildman–Crippen LogP) is 1.31. The van der Waals surface area contributed by atoms with Crippen molar-refractivity contribution in [2.24, 2.45) is 0 Å². The minimum Gasteiger partial charge on any atom is -0.392 e. The maximum absolute atomic E-state index is 9.68. The van der Waals surface area contributed by atoms with Gasteiger partial charge in [-0.1, -0.05) is 12.8 Å². The fraction of sp³-hybridized carbons (Fsp3) is 1.00. The molecule has 1 aliphatic rings. The van der Waals surface area contributed by atoms with Crippen molar-refractivity contribution in [2.45, 2.75) is 51.2 Å². The van der Waals surface area contributed by atoms with Crippen LogP contribution in [-0.2, 0) is 4.74 Å². The SMILES string of the molecule is CCOCCCN[C@H]1CCCC[C@@H]1O. The molecule has 1 aliphatic carbocycles.